The number of imidazole rings is 1. The number of hydrogen-bond acceptors (Lipinski definition) is 3. The molecule has 1 N–H and O–H groups in total. The molecule has 3 rings (SSSR count). The molecule has 0 aliphatic rings. The number of aromatic amines is 1. The standard InChI is InChI=1S/C16H14N2O2/c1-11(19)12-7-8-14-15(9-12)18-16(17-14)10-20-13-5-3-2-4-6-13/h2-9H,10H2,1H3,(H,17,18). The van der Waals surface area contributed by atoms with E-state index in [-0.39, 0.29) is 5.78 Å². The summed E-state index contributed by atoms with van der Waals surface area (Å²) in [5.41, 5.74) is 2.36. The average molecular weight is 266 g/mol. The van der Waals surface area contributed by atoms with Crippen molar-refractivity contribution >= 4 is 16.8 Å². The van der Waals surface area contributed by atoms with E-state index in [2.05, 4.69) is 9.97 Å². The molecule has 0 fully saturated rings. The molecule has 0 unspecified atom stereocenters. The van der Waals surface area contributed by atoms with Gasteiger partial charge in [-0.25, -0.2) is 4.98 Å². The van der Waals surface area contributed by atoms with Gasteiger partial charge in [0.1, 0.15) is 18.2 Å². The Hall–Kier alpha value is -2.62. The molecule has 0 saturated carbocycles. The van der Waals surface area contributed by atoms with Crippen LogP contribution in [0.1, 0.15) is 23.1 Å². The van der Waals surface area contributed by atoms with Crippen LogP contribution in [0.4, 0.5) is 0 Å². The predicted octanol–water partition coefficient (Wildman–Crippen LogP) is 3.34. The lowest BCUT2D eigenvalue weighted by Crippen LogP contribution is -1.96. The third kappa shape index (κ3) is 2.54. The van der Waals surface area contributed by atoms with Gasteiger partial charge in [-0.3, -0.25) is 4.79 Å². The summed E-state index contributed by atoms with van der Waals surface area (Å²) in [7, 11) is 0. The van der Waals surface area contributed by atoms with Gasteiger partial charge < -0.3 is 9.72 Å². The maximum absolute atomic E-state index is 11.3. The summed E-state index contributed by atoms with van der Waals surface area (Å²) in [6.07, 6.45) is 0. The van der Waals surface area contributed by atoms with Crippen LogP contribution in [0.25, 0.3) is 11.0 Å². The first-order valence-electron chi connectivity index (χ1n) is 6.40. The van der Waals surface area contributed by atoms with Gasteiger partial charge in [0.15, 0.2) is 5.78 Å². The summed E-state index contributed by atoms with van der Waals surface area (Å²) >= 11 is 0. The van der Waals surface area contributed by atoms with E-state index in [1.807, 2.05) is 42.5 Å². The van der Waals surface area contributed by atoms with Crippen molar-refractivity contribution in [3.8, 4) is 5.75 Å². The van der Waals surface area contributed by atoms with E-state index < -0.39 is 0 Å². The normalized spacial score (nSPS) is 10.7. The first kappa shape index (κ1) is 12.4. The Morgan fingerprint density at radius 3 is 2.75 bits per heavy atom. The molecule has 2 aromatic carbocycles. The van der Waals surface area contributed by atoms with Crippen molar-refractivity contribution < 1.29 is 9.53 Å². The number of H-pyrrole nitrogens is 1. The van der Waals surface area contributed by atoms with Crippen LogP contribution >= 0.6 is 0 Å². The van der Waals surface area contributed by atoms with Gasteiger partial charge in [-0.1, -0.05) is 18.2 Å². The van der Waals surface area contributed by atoms with E-state index in [0.29, 0.717) is 12.2 Å². The van der Waals surface area contributed by atoms with Gasteiger partial charge >= 0.3 is 0 Å². The van der Waals surface area contributed by atoms with Crippen molar-refractivity contribution in [2.45, 2.75) is 13.5 Å². The minimum Gasteiger partial charge on any atom is -0.486 e. The topological polar surface area (TPSA) is 55.0 Å². The number of benzene rings is 2. The maximum Gasteiger partial charge on any atom is 0.159 e. The Bertz CT molecular complexity index is 748. The van der Waals surface area contributed by atoms with Crippen LogP contribution in [0, 0.1) is 0 Å². The molecule has 1 aromatic heterocycles. The molecular weight excluding hydrogens is 252 g/mol. The Labute approximate surface area is 116 Å². The van der Waals surface area contributed by atoms with E-state index >= 15 is 0 Å². The summed E-state index contributed by atoms with van der Waals surface area (Å²) in [4.78, 5) is 19.0. The third-order valence-electron chi connectivity index (χ3n) is 3.06. The molecule has 0 amide bonds. The molecule has 0 saturated heterocycles. The molecule has 1 heterocycles. The lowest BCUT2D eigenvalue weighted by atomic mass is 10.1. The number of carbonyl (C=O) groups excluding carboxylic acids is 1. The number of ether oxygens (including phenoxy) is 1. The van der Waals surface area contributed by atoms with Gasteiger partial charge in [0, 0.05) is 5.56 Å². The summed E-state index contributed by atoms with van der Waals surface area (Å²) < 4.78 is 5.64. The zero-order valence-electron chi connectivity index (χ0n) is 11.1. The third-order valence-corrected chi connectivity index (χ3v) is 3.06. The molecule has 0 atom stereocenters. The first-order chi connectivity index (χ1) is 9.72. The Balaban J connectivity index is 1.80. The predicted molar refractivity (Wildman–Crippen MR) is 76.9 cm³/mol. The second-order valence-corrected chi connectivity index (χ2v) is 4.57. The lowest BCUT2D eigenvalue weighted by molar-refractivity contribution is 0.101. The second kappa shape index (κ2) is 5.17. The van der Waals surface area contributed by atoms with Gasteiger partial charge in [-0.05, 0) is 37.3 Å². The van der Waals surface area contributed by atoms with Crippen LogP contribution in [0.5, 0.6) is 5.75 Å². The highest BCUT2D eigenvalue weighted by atomic mass is 16.5. The zero-order valence-corrected chi connectivity index (χ0v) is 11.1. The van der Waals surface area contributed by atoms with Crippen molar-refractivity contribution in [2.75, 3.05) is 0 Å². The maximum atomic E-state index is 11.3. The number of rotatable bonds is 4. The number of fused-ring (bicyclic) bond motifs is 1. The molecule has 100 valence electrons. The number of aromatic nitrogens is 2. The van der Waals surface area contributed by atoms with Crippen molar-refractivity contribution in [2.24, 2.45) is 0 Å². The Morgan fingerprint density at radius 1 is 1.20 bits per heavy atom. The summed E-state index contributed by atoms with van der Waals surface area (Å²) in [5, 5.41) is 0. The number of Topliss-reactive ketones (excluding diaryl/α,β-unsaturated/α-hetero) is 1. The van der Waals surface area contributed by atoms with Gasteiger partial charge in [0.2, 0.25) is 0 Å². The van der Waals surface area contributed by atoms with E-state index in [9.17, 15) is 4.79 Å². The highest BCUT2D eigenvalue weighted by molar-refractivity contribution is 5.97. The molecule has 0 bridgehead atoms. The summed E-state index contributed by atoms with van der Waals surface area (Å²) in [6.45, 7) is 1.92. The van der Waals surface area contributed by atoms with Gasteiger partial charge in [0.25, 0.3) is 0 Å². The van der Waals surface area contributed by atoms with Crippen molar-refractivity contribution in [3.05, 3.63) is 59.9 Å². The van der Waals surface area contributed by atoms with Crippen molar-refractivity contribution in [3.63, 3.8) is 0 Å². The van der Waals surface area contributed by atoms with Crippen molar-refractivity contribution in [1.82, 2.24) is 9.97 Å². The van der Waals surface area contributed by atoms with E-state index in [1.54, 1.807) is 13.0 Å². The molecule has 4 nitrogen and oxygen atoms in total. The number of nitrogens with one attached hydrogen (secondary N) is 1. The second-order valence-electron chi connectivity index (χ2n) is 4.57. The molecule has 0 spiro atoms. The molecule has 0 aliphatic heterocycles. The molecule has 20 heavy (non-hydrogen) atoms. The molecule has 0 radical (unpaired) electrons. The molecule has 0 aliphatic carbocycles. The fourth-order valence-corrected chi connectivity index (χ4v) is 2.02. The minimum atomic E-state index is 0.0450. The minimum absolute atomic E-state index is 0.0450. The number of hydrogen-bond donors (Lipinski definition) is 1. The Kier molecular flexibility index (Phi) is 3.21. The zero-order chi connectivity index (χ0) is 13.9. The largest absolute Gasteiger partial charge is 0.486 e. The van der Waals surface area contributed by atoms with E-state index in [0.717, 1.165) is 22.6 Å². The van der Waals surface area contributed by atoms with Gasteiger partial charge in [0.05, 0.1) is 11.0 Å². The highest BCUT2D eigenvalue weighted by Crippen LogP contribution is 2.16. The van der Waals surface area contributed by atoms with Crippen LogP contribution in [0.15, 0.2) is 48.5 Å². The fraction of sp³-hybridized carbons (Fsp3) is 0.125. The van der Waals surface area contributed by atoms with Crippen LogP contribution in [-0.2, 0) is 6.61 Å². The number of ketones is 1. The van der Waals surface area contributed by atoms with Gasteiger partial charge in [-0.2, -0.15) is 0 Å². The van der Waals surface area contributed by atoms with E-state index in [1.165, 1.54) is 0 Å². The van der Waals surface area contributed by atoms with Crippen molar-refractivity contribution in [1.29, 1.82) is 0 Å². The smallest absolute Gasteiger partial charge is 0.159 e. The van der Waals surface area contributed by atoms with Crippen LogP contribution < -0.4 is 4.74 Å². The number of carbonyl (C=O) groups is 1. The van der Waals surface area contributed by atoms with Gasteiger partial charge in [-0.15, -0.1) is 0 Å². The molecule has 4 heteroatoms. The SMILES string of the molecule is CC(=O)c1ccc2nc(COc3ccccc3)[nH]c2c1. The summed E-state index contributed by atoms with van der Waals surface area (Å²) in [5.74, 6) is 1.59. The summed E-state index contributed by atoms with van der Waals surface area (Å²) in [6, 6.07) is 15.0. The number of para-hydroxylation sites is 1. The quantitative estimate of drug-likeness (QED) is 0.737. The van der Waals surface area contributed by atoms with Crippen LogP contribution in [-0.4, -0.2) is 15.8 Å². The fourth-order valence-electron chi connectivity index (χ4n) is 2.02. The van der Waals surface area contributed by atoms with Crippen LogP contribution in [0.3, 0.4) is 0 Å². The molecular formula is C16H14N2O2. The number of nitrogens with zero attached hydrogens (tertiary/aromatic N) is 1. The van der Waals surface area contributed by atoms with Crippen LogP contribution in [0.2, 0.25) is 0 Å². The lowest BCUT2D eigenvalue weighted by Gasteiger charge is -2.02. The average Bonchev–Trinajstić information content (AvgIpc) is 2.88. The van der Waals surface area contributed by atoms with E-state index in [4.69, 9.17) is 4.74 Å². The monoisotopic (exact) mass is 266 g/mol. The Morgan fingerprint density at radius 2 is 2.00 bits per heavy atom. The highest BCUT2D eigenvalue weighted by Gasteiger charge is 2.06. The first-order valence-corrected chi connectivity index (χ1v) is 6.40. The molecule has 3 aromatic rings.